The van der Waals surface area contributed by atoms with Crippen molar-refractivity contribution in [3.8, 4) is 11.8 Å². The van der Waals surface area contributed by atoms with Gasteiger partial charge < -0.3 is 0 Å². The van der Waals surface area contributed by atoms with Crippen LogP contribution in [0.4, 0.5) is 0 Å². The molecule has 0 unspecified atom stereocenters. The normalized spacial score (nSPS) is 11.5. The van der Waals surface area contributed by atoms with Crippen molar-refractivity contribution in [1.82, 2.24) is 5.32 Å². The summed E-state index contributed by atoms with van der Waals surface area (Å²) in [5.74, 6) is 6.29. The van der Waals surface area contributed by atoms with Gasteiger partial charge >= 0.3 is 0 Å². The van der Waals surface area contributed by atoms with E-state index in [0.717, 1.165) is 10.0 Å². The van der Waals surface area contributed by atoms with E-state index >= 15 is 0 Å². The Morgan fingerprint density at radius 2 is 1.74 bits per heavy atom. The van der Waals surface area contributed by atoms with Crippen molar-refractivity contribution < 1.29 is 0 Å². The van der Waals surface area contributed by atoms with Crippen LogP contribution in [-0.4, -0.2) is 6.54 Å². The minimum absolute atomic E-state index is 0.278. The number of hydrogen-bond acceptors (Lipinski definition) is 1. The lowest BCUT2D eigenvalue weighted by Gasteiger charge is -2.13. The van der Waals surface area contributed by atoms with Gasteiger partial charge in [0, 0.05) is 16.1 Å². The zero-order valence-corrected chi connectivity index (χ0v) is 12.4. The van der Waals surface area contributed by atoms with Crippen molar-refractivity contribution in [3.63, 3.8) is 0 Å². The first-order valence-electron chi connectivity index (χ1n) is 6.29. The van der Waals surface area contributed by atoms with Crippen LogP contribution in [0.15, 0.2) is 59.1 Å². The largest absolute Gasteiger partial charge is 0.300 e. The van der Waals surface area contributed by atoms with Gasteiger partial charge in [0.1, 0.15) is 0 Å². The highest BCUT2D eigenvalue weighted by molar-refractivity contribution is 9.10. The van der Waals surface area contributed by atoms with Crippen LogP contribution in [0.25, 0.3) is 0 Å². The quantitative estimate of drug-likeness (QED) is 0.839. The SMILES string of the molecule is C[C@H](NCC#Cc1ccccc1)c1ccccc1Br. The molecule has 2 aromatic rings. The molecule has 0 spiro atoms. The van der Waals surface area contributed by atoms with E-state index < -0.39 is 0 Å². The Labute approximate surface area is 123 Å². The first-order chi connectivity index (χ1) is 9.27. The van der Waals surface area contributed by atoms with E-state index in [1.807, 2.05) is 42.5 Å². The second kappa shape index (κ2) is 7.13. The standard InChI is InChI=1S/C17H16BrN/c1-14(16-11-5-6-12-17(16)18)19-13-7-10-15-8-3-2-4-9-15/h2-6,8-9,11-12,14,19H,13H2,1H3/t14-/m0/s1. The Balaban J connectivity index is 1.90. The maximum Gasteiger partial charge on any atom is 0.0584 e. The molecule has 0 saturated carbocycles. The van der Waals surface area contributed by atoms with Crippen molar-refractivity contribution >= 4 is 15.9 Å². The first kappa shape index (κ1) is 13.9. The molecule has 2 heteroatoms. The van der Waals surface area contributed by atoms with Crippen LogP contribution in [0.1, 0.15) is 24.1 Å². The smallest absolute Gasteiger partial charge is 0.0584 e. The predicted molar refractivity (Wildman–Crippen MR) is 83.9 cm³/mol. The highest BCUT2D eigenvalue weighted by atomic mass is 79.9. The molecule has 0 aliphatic heterocycles. The fraction of sp³-hybridized carbons (Fsp3) is 0.176. The molecule has 96 valence electrons. The molecule has 0 bridgehead atoms. The number of nitrogens with one attached hydrogen (secondary N) is 1. The van der Waals surface area contributed by atoms with E-state index in [0.29, 0.717) is 6.54 Å². The third-order valence-corrected chi connectivity index (χ3v) is 3.60. The van der Waals surface area contributed by atoms with Crippen LogP contribution >= 0.6 is 15.9 Å². The molecular formula is C17H16BrN. The monoisotopic (exact) mass is 313 g/mol. The fourth-order valence-electron chi connectivity index (χ4n) is 1.81. The molecular weight excluding hydrogens is 298 g/mol. The summed E-state index contributed by atoms with van der Waals surface area (Å²) in [4.78, 5) is 0. The summed E-state index contributed by atoms with van der Waals surface area (Å²) in [5, 5.41) is 3.41. The van der Waals surface area contributed by atoms with Crippen molar-refractivity contribution in [2.24, 2.45) is 0 Å². The molecule has 0 fully saturated rings. The van der Waals surface area contributed by atoms with Gasteiger partial charge in [0.15, 0.2) is 0 Å². The topological polar surface area (TPSA) is 12.0 Å². The van der Waals surface area contributed by atoms with E-state index in [-0.39, 0.29) is 6.04 Å². The van der Waals surface area contributed by atoms with Gasteiger partial charge in [-0.3, -0.25) is 5.32 Å². The molecule has 2 aromatic carbocycles. The Morgan fingerprint density at radius 1 is 1.05 bits per heavy atom. The molecule has 2 rings (SSSR count). The molecule has 1 nitrogen and oxygen atoms in total. The highest BCUT2D eigenvalue weighted by Crippen LogP contribution is 2.22. The van der Waals surface area contributed by atoms with E-state index in [1.165, 1.54) is 5.56 Å². The van der Waals surface area contributed by atoms with Crippen LogP contribution in [-0.2, 0) is 0 Å². The van der Waals surface area contributed by atoms with Crippen LogP contribution in [0.3, 0.4) is 0 Å². The third kappa shape index (κ3) is 4.24. The molecule has 0 radical (unpaired) electrons. The highest BCUT2D eigenvalue weighted by Gasteiger charge is 2.06. The van der Waals surface area contributed by atoms with Gasteiger partial charge in [-0.15, -0.1) is 0 Å². The van der Waals surface area contributed by atoms with E-state index in [2.05, 4.69) is 52.1 Å². The minimum atomic E-state index is 0.278. The summed E-state index contributed by atoms with van der Waals surface area (Å²) in [6.45, 7) is 2.82. The molecule has 0 aliphatic carbocycles. The van der Waals surface area contributed by atoms with E-state index in [1.54, 1.807) is 0 Å². The predicted octanol–water partition coefficient (Wildman–Crippen LogP) is 4.15. The van der Waals surface area contributed by atoms with Gasteiger partial charge in [0.05, 0.1) is 6.54 Å². The average Bonchev–Trinajstić information content (AvgIpc) is 2.45. The summed E-state index contributed by atoms with van der Waals surface area (Å²) in [6, 6.07) is 18.6. The summed E-state index contributed by atoms with van der Waals surface area (Å²) in [5.41, 5.74) is 2.31. The van der Waals surface area contributed by atoms with Crippen molar-refractivity contribution in [1.29, 1.82) is 0 Å². The second-order valence-electron chi connectivity index (χ2n) is 4.29. The lowest BCUT2D eigenvalue weighted by atomic mass is 10.1. The molecule has 0 aromatic heterocycles. The number of rotatable bonds is 3. The first-order valence-corrected chi connectivity index (χ1v) is 7.08. The Hall–Kier alpha value is -1.56. The molecule has 19 heavy (non-hydrogen) atoms. The summed E-state index contributed by atoms with van der Waals surface area (Å²) < 4.78 is 1.13. The number of halogens is 1. The van der Waals surface area contributed by atoms with Gasteiger partial charge in [-0.2, -0.15) is 0 Å². The van der Waals surface area contributed by atoms with Crippen molar-refractivity contribution in [2.75, 3.05) is 6.54 Å². The minimum Gasteiger partial charge on any atom is -0.300 e. The lowest BCUT2D eigenvalue weighted by molar-refractivity contribution is 0.621. The molecule has 0 amide bonds. The van der Waals surface area contributed by atoms with Crippen LogP contribution in [0, 0.1) is 11.8 Å². The van der Waals surface area contributed by atoms with Gasteiger partial charge in [-0.25, -0.2) is 0 Å². The van der Waals surface area contributed by atoms with Gasteiger partial charge in [0.25, 0.3) is 0 Å². The lowest BCUT2D eigenvalue weighted by Crippen LogP contribution is -2.19. The summed E-state index contributed by atoms with van der Waals surface area (Å²) in [6.07, 6.45) is 0. The summed E-state index contributed by atoms with van der Waals surface area (Å²) >= 11 is 3.57. The molecule has 0 heterocycles. The average molecular weight is 314 g/mol. The fourth-order valence-corrected chi connectivity index (χ4v) is 2.44. The van der Waals surface area contributed by atoms with Crippen molar-refractivity contribution in [2.45, 2.75) is 13.0 Å². The maximum absolute atomic E-state index is 3.57. The second-order valence-corrected chi connectivity index (χ2v) is 5.15. The van der Waals surface area contributed by atoms with Gasteiger partial charge in [-0.05, 0) is 30.7 Å². The number of hydrogen-bond donors (Lipinski definition) is 1. The summed E-state index contributed by atoms with van der Waals surface area (Å²) in [7, 11) is 0. The molecule has 0 aliphatic rings. The molecule has 1 N–H and O–H groups in total. The van der Waals surface area contributed by atoms with Crippen LogP contribution in [0.5, 0.6) is 0 Å². The molecule has 1 atom stereocenters. The third-order valence-electron chi connectivity index (χ3n) is 2.87. The number of benzene rings is 2. The molecule has 0 saturated heterocycles. The Kier molecular flexibility index (Phi) is 5.20. The zero-order valence-electron chi connectivity index (χ0n) is 10.9. The Bertz CT molecular complexity index is 581. The van der Waals surface area contributed by atoms with Crippen LogP contribution in [0.2, 0.25) is 0 Å². The van der Waals surface area contributed by atoms with E-state index in [4.69, 9.17) is 0 Å². The van der Waals surface area contributed by atoms with Crippen molar-refractivity contribution in [3.05, 3.63) is 70.2 Å². The van der Waals surface area contributed by atoms with Gasteiger partial charge in [-0.1, -0.05) is 64.2 Å². The Morgan fingerprint density at radius 3 is 2.47 bits per heavy atom. The maximum atomic E-state index is 3.57. The zero-order chi connectivity index (χ0) is 13.5. The van der Waals surface area contributed by atoms with Crippen LogP contribution < -0.4 is 5.32 Å². The van der Waals surface area contributed by atoms with Gasteiger partial charge in [0.2, 0.25) is 0 Å². The van der Waals surface area contributed by atoms with E-state index in [9.17, 15) is 0 Å².